The first-order valence-corrected chi connectivity index (χ1v) is 10.9. The molecular formula is C24H31N3O4. The van der Waals surface area contributed by atoms with Crippen molar-refractivity contribution in [3.8, 4) is 0 Å². The first-order valence-electron chi connectivity index (χ1n) is 10.9. The molecule has 166 valence electrons. The van der Waals surface area contributed by atoms with Gasteiger partial charge in [-0.25, -0.2) is 4.79 Å². The third kappa shape index (κ3) is 3.82. The van der Waals surface area contributed by atoms with Crippen molar-refractivity contribution in [3.05, 3.63) is 47.2 Å². The first kappa shape index (κ1) is 21.4. The molecule has 2 aromatic rings. The maximum Gasteiger partial charge on any atom is 0.325 e. The van der Waals surface area contributed by atoms with E-state index in [1.165, 1.54) is 0 Å². The Morgan fingerprint density at radius 3 is 2.65 bits per heavy atom. The highest BCUT2D eigenvalue weighted by Gasteiger charge is 2.56. The van der Waals surface area contributed by atoms with Crippen molar-refractivity contribution >= 4 is 17.7 Å². The molecular weight excluding hydrogens is 394 g/mol. The molecule has 2 aliphatic rings. The number of amides is 3. The highest BCUT2D eigenvalue weighted by Crippen LogP contribution is 2.46. The molecule has 1 unspecified atom stereocenters. The summed E-state index contributed by atoms with van der Waals surface area (Å²) in [6, 6.07) is 5.07. The van der Waals surface area contributed by atoms with Gasteiger partial charge in [0.15, 0.2) is 5.78 Å². The molecule has 1 saturated heterocycles. The minimum Gasteiger partial charge on any atom is -0.467 e. The monoisotopic (exact) mass is 425 g/mol. The molecule has 2 aromatic heterocycles. The number of hydrogen-bond acceptors (Lipinski definition) is 4. The van der Waals surface area contributed by atoms with Crippen molar-refractivity contribution in [2.45, 2.75) is 66.0 Å². The molecule has 2 atom stereocenters. The Hall–Kier alpha value is -2.83. The number of imide groups is 1. The molecule has 3 heterocycles. The Kier molecular flexibility index (Phi) is 5.10. The molecule has 1 aliphatic heterocycles. The van der Waals surface area contributed by atoms with Gasteiger partial charge in [0.25, 0.3) is 5.91 Å². The van der Waals surface area contributed by atoms with Crippen LogP contribution in [0.4, 0.5) is 4.79 Å². The number of Topliss-reactive ketones (excluding diaryl/α,β-unsaturated/α-hetero) is 1. The van der Waals surface area contributed by atoms with Crippen LogP contribution in [0.1, 0.15) is 67.5 Å². The SMILES string of the molecule is Cc1cc(C(=O)CN2C(=O)N[C@@]3(CC(C)CC(C)(C)C3)C2=O)c(C)n1Cc1ccco1. The van der Waals surface area contributed by atoms with Crippen molar-refractivity contribution < 1.29 is 18.8 Å². The van der Waals surface area contributed by atoms with E-state index in [2.05, 4.69) is 26.1 Å². The van der Waals surface area contributed by atoms with E-state index in [9.17, 15) is 14.4 Å². The van der Waals surface area contributed by atoms with Crippen LogP contribution in [0.2, 0.25) is 0 Å². The summed E-state index contributed by atoms with van der Waals surface area (Å²) in [5.74, 6) is 0.618. The number of furan rings is 1. The fraction of sp³-hybridized carbons (Fsp3) is 0.542. The highest BCUT2D eigenvalue weighted by molar-refractivity contribution is 6.11. The second kappa shape index (κ2) is 7.39. The van der Waals surface area contributed by atoms with E-state index < -0.39 is 11.6 Å². The van der Waals surface area contributed by atoms with Crippen molar-refractivity contribution in [2.75, 3.05) is 6.54 Å². The normalized spacial score (nSPS) is 25.3. The van der Waals surface area contributed by atoms with E-state index in [0.29, 0.717) is 30.9 Å². The average Bonchev–Trinajstić information content (AvgIpc) is 3.32. The quantitative estimate of drug-likeness (QED) is 0.578. The highest BCUT2D eigenvalue weighted by atomic mass is 16.3. The molecule has 1 N–H and O–H groups in total. The van der Waals surface area contributed by atoms with Crippen LogP contribution in [0.3, 0.4) is 0 Å². The van der Waals surface area contributed by atoms with Crippen molar-refractivity contribution in [1.29, 1.82) is 0 Å². The van der Waals surface area contributed by atoms with Gasteiger partial charge in [-0.2, -0.15) is 0 Å². The fourth-order valence-electron chi connectivity index (χ4n) is 5.76. The second-order valence-corrected chi connectivity index (χ2v) is 10.1. The third-order valence-corrected chi connectivity index (χ3v) is 6.69. The predicted molar refractivity (Wildman–Crippen MR) is 116 cm³/mol. The summed E-state index contributed by atoms with van der Waals surface area (Å²) in [6.45, 7) is 10.5. The van der Waals surface area contributed by atoms with Crippen LogP contribution < -0.4 is 5.32 Å². The van der Waals surface area contributed by atoms with E-state index in [1.807, 2.05) is 36.6 Å². The number of carbonyl (C=O) groups is 3. The largest absolute Gasteiger partial charge is 0.467 e. The fourth-order valence-corrected chi connectivity index (χ4v) is 5.76. The smallest absolute Gasteiger partial charge is 0.325 e. The van der Waals surface area contributed by atoms with Crippen LogP contribution in [0.5, 0.6) is 0 Å². The Morgan fingerprint density at radius 2 is 2.00 bits per heavy atom. The number of aromatic nitrogens is 1. The number of aryl methyl sites for hydroxylation is 1. The van der Waals surface area contributed by atoms with E-state index in [1.54, 1.807) is 6.26 Å². The number of nitrogens with one attached hydrogen (secondary N) is 1. The van der Waals surface area contributed by atoms with E-state index >= 15 is 0 Å². The summed E-state index contributed by atoms with van der Waals surface area (Å²) in [5, 5.41) is 2.94. The molecule has 4 rings (SSSR count). The second-order valence-electron chi connectivity index (χ2n) is 10.1. The summed E-state index contributed by atoms with van der Waals surface area (Å²) in [4.78, 5) is 40.3. The third-order valence-electron chi connectivity index (χ3n) is 6.69. The van der Waals surface area contributed by atoms with Gasteiger partial charge in [-0.15, -0.1) is 0 Å². The van der Waals surface area contributed by atoms with Gasteiger partial charge in [0, 0.05) is 17.0 Å². The summed E-state index contributed by atoms with van der Waals surface area (Å²) in [5.41, 5.74) is 1.32. The zero-order chi connectivity index (χ0) is 22.6. The summed E-state index contributed by atoms with van der Waals surface area (Å²) >= 11 is 0. The lowest BCUT2D eigenvalue weighted by atomic mass is 9.64. The molecule has 0 bridgehead atoms. The average molecular weight is 426 g/mol. The van der Waals surface area contributed by atoms with Gasteiger partial charge in [0.2, 0.25) is 0 Å². The number of ketones is 1. The zero-order valence-corrected chi connectivity index (χ0v) is 18.9. The number of carbonyl (C=O) groups excluding carboxylic acids is 3. The molecule has 0 aromatic carbocycles. The molecule has 3 amide bonds. The van der Waals surface area contributed by atoms with Gasteiger partial charge in [-0.3, -0.25) is 14.5 Å². The van der Waals surface area contributed by atoms with Crippen molar-refractivity contribution in [1.82, 2.24) is 14.8 Å². The van der Waals surface area contributed by atoms with Crippen molar-refractivity contribution in [2.24, 2.45) is 11.3 Å². The number of rotatable bonds is 5. The van der Waals surface area contributed by atoms with Gasteiger partial charge in [0.05, 0.1) is 19.4 Å². The lowest BCUT2D eigenvalue weighted by Gasteiger charge is -2.43. The molecule has 1 saturated carbocycles. The summed E-state index contributed by atoms with van der Waals surface area (Å²) < 4.78 is 7.44. The maximum atomic E-state index is 13.3. The van der Waals surface area contributed by atoms with Gasteiger partial charge >= 0.3 is 6.03 Å². The Labute approximate surface area is 182 Å². The first-order chi connectivity index (χ1) is 14.5. The van der Waals surface area contributed by atoms with Crippen LogP contribution >= 0.6 is 0 Å². The van der Waals surface area contributed by atoms with Gasteiger partial charge in [0.1, 0.15) is 11.3 Å². The summed E-state index contributed by atoms with van der Waals surface area (Å²) in [7, 11) is 0. The van der Waals surface area contributed by atoms with Gasteiger partial charge in [-0.05, 0) is 62.6 Å². The molecule has 7 heteroatoms. The van der Waals surface area contributed by atoms with Gasteiger partial charge in [-0.1, -0.05) is 20.8 Å². The zero-order valence-electron chi connectivity index (χ0n) is 18.9. The van der Waals surface area contributed by atoms with E-state index in [4.69, 9.17) is 4.42 Å². The Bertz CT molecular complexity index is 1030. The molecule has 1 aliphatic carbocycles. The van der Waals surface area contributed by atoms with Crippen LogP contribution in [-0.2, 0) is 11.3 Å². The summed E-state index contributed by atoms with van der Waals surface area (Å²) in [6.07, 6.45) is 3.84. The van der Waals surface area contributed by atoms with Crippen LogP contribution in [-0.4, -0.2) is 39.3 Å². The molecule has 7 nitrogen and oxygen atoms in total. The lowest BCUT2D eigenvalue weighted by Crippen LogP contribution is -2.54. The Balaban J connectivity index is 1.54. The number of nitrogens with zero attached hydrogens (tertiary/aromatic N) is 2. The molecule has 1 spiro atoms. The minimum absolute atomic E-state index is 0.0442. The molecule has 2 fully saturated rings. The van der Waals surface area contributed by atoms with Crippen LogP contribution in [0.25, 0.3) is 0 Å². The van der Waals surface area contributed by atoms with Crippen molar-refractivity contribution in [3.63, 3.8) is 0 Å². The van der Waals surface area contributed by atoms with Crippen LogP contribution in [0.15, 0.2) is 28.9 Å². The molecule has 31 heavy (non-hydrogen) atoms. The maximum absolute atomic E-state index is 13.3. The lowest BCUT2D eigenvalue weighted by molar-refractivity contribution is -0.134. The predicted octanol–water partition coefficient (Wildman–Crippen LogP) is 4.07. The number of hydrogen-bond donors (Lipinski definition) is 1. The standard InChI is InChI=1S/C24H31N3O4/c1-15-10-23(4,5)14-24(11-15)21(29)27(22(30)25-24)13-20(28)19-9-16(2)26(17(19)3)12-18-7-6-8-31-18/h6-9,15H,10-14H2,1-5H3,(H,25,30)/t15?,24-/m1/s1. The van der Waals surface area contributed by atoms with E-state index in [0.717, 1.165) is 28.5 Å². The molecule has 0 radical (unpaired) electrons. The topological polar surface area (TPSA) is 84.5 Å². The minimum atomic E-state index is -0.894. The van der Waals surface area contributed by atoms with Gasteiger partial charge < -0.3 is 14.3 Å². The van der Waals surface area contributed by atoms with Crippen LogP contribution in [0, 0.1) is 25.2 Å². The number of urea groups is 1. The van der Waals surface area contributed by atoms with E-state index in [-0.39, 0.29) is 23.7 Å². The Morgan fingerprint density at radius 1 is 1.26 bits per heavy atom.